The molecule has 1 aliphatic heterocycles. The number of hydrogen-bond acceptors (Lipinski definition) is 4. The third kappa shape index (κ3) is 3.38. The smallest absolute Gasteiger partial charge is 0.254 e. The van der Waals surface area contributed by atoms with Gasteiger partial charge in [0.2, 0.25) is 5.91 Å². The summed E-state index contributed by atoms with van der Waals surface area (Å²) < 4.78 is 1.66. The first-order valence-corrected chi connectivity index (χ1v) is 9.24. The molecule has 0 bridgehead atoms. The van der Waals surface area contributed by atoms with E-state index in [-0.39, 0.29) is 23.9 Å². The van der Waals surface area contributed by atoms with Gasteiger partial charge >= 0.3 is 0 Å². The third-order valence-corrected chi connectivity index (χ3v) is 5.30. The minimum atomic E-state index is -0.135. The molecule has 0 saturated heterocycles. The summed E-state index contributed by atoms with van der Waals surface area (Å²) in [6.07, 6.45) is 1.88. The van der Waals surface area contributed by atoms with Gasteiger partial charge in [0, 0.05) is 29.6 Å². The number of nitrogens with one attached hydrogen (secondary N) is 1. The zero-order chi connectivity index (χ0) is 17.1. The van der Waals surface area contributed by atoms with Gasteiger partial charge in [-0.2, -0.15) is 0 Å². The lowest BCUT2D eigenvalue weighted by Gasteiger charge is -2.14. The molecular weight excluding hydrogens is 322 g/mol. The van der Waals surface area contributed by atoms with Gasteiger partial charge in [0.1, 0.15) is 0 Å². The fraction of sp³-hybridized carbons (Fsp3) is 0.389. The molecule has 1 aromatic heterocycles. The lowest BCUT2D eigenvalue weighted by atomic mass is 10.1. The summed E-state index contributed by atoms with van der Waals surface area (Å²) in [4.78, 5) is 29.2. The average molecular weight is 343 g/mol. The molecule has 1 aliphatic rings. The Balaban J connectivity index is 1.75. The van der Waals surface area contributed by atoms with Crippen LogP contribution in [0.4, 0.5) is 5.69 Å². The molecule has 2 heterocycles. The van der Waals surface area contributed by atoms with Crippen molar-refractivity contribution in [2.24, 2.45) is 0 Å². The minimum Gasteiger partial charge on any atom is -0.326 e. The van der Waals surface area contributed by atoms with Gasteiger partial charge in [-0.15, -0.1) is 0 Å². The van der Waals surface area contributed by atoms with Crippen LogP contribution in [0, 0.1) is 0 Å². The van der Waals surface area contributed by atoms with Crippen LogP contribution < -0.4 is 10.9 Å². The van der Waals surface area contributed by atoms with Gasteiger partial charge in [0.15, 0.2) is 5.16 Å². The van der Waals surface area contributed by atoms with Crippen LogP contribution in [-0.4, -0.2) is 21.2 Å². The SMILES string of the molecule is CCc1cc(=O)n2c(n1)SCC2CC(=O)Nc1ccccc1CC. The highest BCUT2D eigenvalue weighted by Crippen LogP contribution is 2.32. The minimum absolute atomic E-state index is 0.0615. The Morgan fingerprint density at radius 1 is 1.33 bits per heavy atom. The number of benzene rings is 1. The molecule has 1 N–H and O–H groups in total. The number of amides is 1. The van der Waals surface area contributed by atoms with Crippen LogP contribution in [0.3, 0.4) is 0 Å². The standard InChI is InChI=1S/C18H21N3O2S/c1-3-12-7-5-6-8-15(12)20-16(22)10-14-11-24-18-19-13(4-2)9-17(23)21(14)18/h5-9,14H,3-4,10-11H2,1-2H3,(H,20,22). The number of carbonyl (C=O) groups excluding carboxylic acids is 1. The van der Waals surface area contributed by atoms with Crippen LogP contribution >= 0.6 is 11.8 Å². The predicted molar refractivity (Wildman–Crippen MR) is 96.7 cm³/mol. The number of nitrogens with zero attached hydrogens (tertiary/aromatic N) is 2. The molecule has 1 unspecified atom stereocenters. The number of para-hydroxylation sites is 1. The number of aryl methyl sites for hydroxylation is 2. The maximum absolute atomic E-state index is 12.4. The normalized spacial score (nSPS) is 16.0. The Morgan fingerprint density at radius 2 is 2.12 bits per heavy atom. The molecule has 0 fully saturated rings. The third-order valence-electron chi connectivity index (χ3n) is 4.20. The Labute approximate surface area is 145 Å². The molecule has 2 aromatic rings. The van der Waals surface area contributed by atoms with Gasteiger partial charge in [-0.3, -0.25) is 14.2 Å². The van der Waals surface area contributed by atoms with Crippen molar-refractivity contribution in [3.8, 4) is 0 Å². The van der Waals surface area contributed by atoms with Gasteiger partial charge in [0.25, 0.3) is 5.56 Å². The first-order chi connectivity index (χ1) is 11.6. The topological polar surface area (TPSA) is 64.0 Å². The van der Waals surface area contributed by atoms with Gasteiger partial charge in [-0.25, -0.2) is 4.98 Å². The van der Waals surface area contributed by atoms with E-state index >= 15 is 0 Å². The number of aromatic nitrogens is 2. The molecule has 1 atom stereocenters. The van der Waals surface area contributed by atoms with E-state index in [1.165, 1.54) is 0 Å². The fourth-order valence-electron chi connectivity index (χ4n) is 2.90. The molecule has 3 rings (SSSR count). The summed E-state index contributed by atoms with van der Waals surface area (Å²) in [5.74, 6) is 0.638. The summed E-state index contributed by atoms with van der Waals surface area (Å²) in [6, 6.07) is 9.24. The Bertz CT molecular complexity index is 816. The van der Waals surface area contributed by atoms with Crippen molar-refractivity contribution in [3.63, 3.8) is 0 Å². The van der Waals surface area contributed by atoms with Crippen molar-refractivity contribution in [3.05, 3.63) is 51.9 Å². The highest BCUT2D eigenvalue weighted by atomic mass is 32.2. The van der Waals surface area contributed by atoms with Gasteiger partial charge in [-0.1, -0.05) is 43.8 Å². The van der Waals surface area contributed by atoms with E-state index in [2.05, 4.69) is 17.2 Å². The zero-order valence-electron chi connectivity index (χ0n) is 13.9. The highest BCUT2D eigenvalue weighted by Gasteiger charge is 2.27. The van der Waals surface area contributed by atoms with E-state index in [0.29, 0.717) is 5.75 Å². The summed E-state index contributed by atoms with van der Waals surface area (Å²) in [7, 11) is 0. The molecule has 1 amide bonds. The first-order valence-electron chi connectivity index (χ1n) is 8.25. The van der Waals surface area contributed by atoms with Crippen LogP contribution in [0.5, 0.6) is 0 Å². The molecule has 126 valence electrons. The monoisotopic (exact) mass is 343 g/mol. The van der Waals surface area contributed by atoms with Gasteiger partial charge < -0.3 is 5.32 Å². The number of thioether (sulfide) groups is 1. The Morgan fingerprint density at radius 3 is 2.88 bits per heavy atom. The highest BCUT2D eigenvalue weighted by molar-refractivity contribution is 7.99. The van der Waals surface area contributed by atoms with E-state index in [4.69, 9.17) is 0 Å². The van der Waals surface area contributed by atoms with Crippen molar-refractivity contribution in [1.29, 1.82) is 0 Å². The van der Waals surface area contributed by atoms with Crippen LogP contribution in [0.15, 0.2) is 40.3 Å². The molecule has 0 aliphatic carbocycles. The second-order valence-corrected chi connectivity index (χ2v) is 6.81. The predicted octanol–water partition coefficient (Wildman–Crippen LogP) is 3.04. The van der Waals surface area contributed by atoms with Gasteiger partial charge in [0.05, 0.1) is 6.04 Å². The van der Waals surface area contributed by atoms with Crippen LogP contribution in [0.1, 0.15) is 37.6 Å². The van der Waals surface area contributed by atoms with Crippen molar-refractivity contribution in [1.82, 2.24) is 9.55 Å². The summed E-state index contributed by atoms with van der Waals surface area (Å²) >= 11 is 1.55. The number of fused-ring (bicyclic) bond motifs is 1. The molecule has 0 spiro atoms. The lowest BCUT2D eigenvalue weighted by Crippen LogP contribution is -2.27. The van der Waals surface area contributed by atoms with E-state index in [9.17, 15) is 9.59 Å². The Kier molecular flexibility index (Phi) is 5.04. The fourth-order valence-corrected chi connectivity index (χ4v) is 4.06. The molecule has 1 aromatic carbocycles. The summed E-state index contributed by atoms with van der Waals surface area (Å²) in [5, 5.41) is 3.71. The van der Waals surface area contributed by atoms with Crippen molar-refractivity contribution < 1.29 is 4.79 Å². The van der Waals surface area contributed by atoms with Crippen molar-refractivity contribution in [2.75, 3.05) is 11.1 Å². The van der Waals surface area contributed by atoms with Crippen molar-refractivity contribution >= 4 is 23.4 Å². The summed E-state index contributed by atoms with van der Waals surface area (Å²) in [5.41, 5.74) is 2.70. The molecule has 0 radical (unpaired) electrons. The first kappa shape index (κ1) is 16.8. The van der Waals surface area contributed by atoms with Crippen LogP contribution in [0.2, 0.25) is 0 Å². The molecular formula is C18H21N3O2S. The Hall–Kier alpha value is -2.08. The number of carbonyl (C=O) groups is 1. The van der Waals surface area contributed by atoms with E-state index in [1.807, 2.05) is 31.2 Å². The number of hydrogen-bond donors (Lipinski definition) is 1. The maximum Gasteiger partial charge on any atom is 0.254 e. The van der Waals surface area contributed by atoms with E-state index in [1.54, 1.807) is 22.4 Å². The van der Waals surface area contributed by atoms with Gasteiger partial charge in [-0.05, 0) is 24.5 Å². The largest absolute Gasteiger partial charge is 0.326 e. The quantitative estimate of drug-likeness (QED) is 0.848. The average Bonchev–Trinajstić information content (AvgIpc) is 2.98. The zero-order valence-corrected chi connectivity index (χ0v) is 14.7. The second kappa shape index (κ2) is 7.21. The molecule has 6 heteroatoms. The summed E-state index contributed by atoms with van der Waals surface area (Å²) in [6.45, 7) is 4.04. The molecule has 0 saturated carbocycles. The van der Waals surface area contributed by atoms with Crippen LogP contribution in [-0.2, 0) is 17.6 Å². The number of anilines is 1. The number of rotatable bonds is 5. The van der Waals surface area contributed by atoms with E-state index in [0.717, 1.165) is 34.9 Å². The maximum atomic E-state index is 12.4. The molecule has 24 heavy (non-hydrogen) atoms. The second-order valence-electron chi connectivity index (χ2n) is 5.82. The lowest BCUT2D eigenvalue weighted by molar-refractivity contribution is -0.116. The molecule has 5 nitrogen and oxygen atoms in total. The van der Waals surface area contributed by atoms with Crippen molar-refractivity contribution in [2.45, 2.75) is 44.3 Å². The van der Waals surface area contributed by atoms with E-state index < -0.39 is 0 Å². The van der Waals surface area contributed by atoms with Crippen LogP contribution in [0.25, 0.3) is 0 Å².